The molecule has 32 heavy (non-hydrogen) atoms. The second kappa shape index (κ2) is 7.33. The molecular formula is C21H17ClF2N4O4. The maximum absolute atomic E-state index is 15.7. The van der Waals surface area contributed by atoms with Crippen LogP contribution < -0.4 is 9.64 Å². The number of carbonyl (C=O) groups is 1. The van der Waals surface area contributed by atoms with Crippen molar-refractivity contribution < 1.29 is 28.5 Å². The maximum Gasteiger partial charge on any atom is 0.407 e. The third-order valence-corrected chi connectivity index (χ3v) is 6.28. The highest BCUT2D eigenvalue weighted by Crippen LogP contribution is 2.49. The molecule has 0 saturated carbocycles. The highest BCUT2D eigenvalue weighted by molar-refractivity contribution is 6.36. The average molecular weight is 463 g/mol. The number of phenolic OH excluding ortho intramolecular Hbond substituents is 1. The summed E-state index contributed by atoms with van der Waals surface area (Å²) in [6.45, 7) is 2.26. The van der Waals surface area contributed by atoms with E-state index in [0.717, 1.165) is 6.07 Å². The molecule has 2 aromatic carbocycles. The molecule has 11 heteroatoms. The fourth-order valence-corrected chi connectivity index (χ4v) is 4.74. The third-order valence-electron chi connectivity index (χ3n) is 5.92. The van der Waals surface area contributed by atoms with Crippen LogP contribution in [-0.2, 0) is 0 Å². The first kappa shape index (κ1) is 20.5. The van der Waals surface area contributed by atoms with Gasteiger partial charge in [0.05, 0.1) is 22.0 Å². The second-order valence-electron chi connectivity index (χ2n) is 7.79. The molecule has 1 amide bonds. The molecule has 2 aliphatic heterocycles. The van der Waals surface area contributed by atoms with Crippen LogP contribution in [0.5, 0.6) is 11.5 Å². The molecular weight excluding hydrogens is 446 g/mol. The second-order valence-corrected chi connectivity index (χ2v) is 8.17. The molecule has 8 nitrogen and oxygen atoms in total. The fraction of sp³-hybridized carbons (Fsp3) is 0.286. The number of halogens is 3. The van der Waals surface area contributed by atoms with E-state index in [1.807, 2.05) is 4.90 Å². The van der Waals surface area contributed by atoms with Crippen LogP contribution >= 0.6 is 11.6 Å². The smallest absolute Gasteiger partial charge is 0.407 e. The Balaban J connectivity index is 1.75. The van der Waals surface area contributed by atoms with E-state index in [0.29, 0.717) is 12.4 Å². The summed E-state index contributed by atoms with van der Waals surface area (Å²) in [5.74, 6) is -1.85. The first-order chi connectivity index (χ1) is 15.3. The molecule has 3 heterocycles. The molecule has 5 rings (SSSR count). The lowest BCUT2D eigenvalue weighted by Gasteiger charge is -2.43. The van der Waals surface area contributed by atoms with Crippen LogP contribution in [0.25, 0.3) is 22.0 Å². The van der Waals surface area contributed by atoms with Crippen molar-refractivity contribution in [2.75, 3.05) is 24.6 Å². The molecule has 2 atom stereocenters. The van der Waals surface area contributed by atoms with Crippen molar-refractivity contribution in [2.24, 2.45) is 0 Å². The molecule has 0 aliphatic carbocycles. The Bertz CT molecular complexity index is 1250. The molecule has 3 aromatic rings. The summed E-state index contributed by atoms with van der Waals surface area (Å²) < 4.78 is 36.2. The number of hydrogen-bond donors (Lipinski definition) is 2. The lowest BCUT2D eigenvalue weighted by molar-refractivity contribution is 0.105. The van der Waals surface area contributed by atoms with Crippen molar-refractivity contribution in [3.8, 4) is 22.6 Å². The zero-order valence-electron chi connectivity index (χ0n) is 16.7. The van der Waals surface area contributed by atoms with Crippen LogP contribution in [-0.4, -0.2) is 63.0 Å². The maximum atomic E-state index is 15.7. The Hall–Kier alpha value is -3.40. The van der Waals surface area contributed by atoms with Crippen molar-refractivity contribution in [1.29, 1.82) is 0 Å². The van der Waals surface area contributed by atoms with Gasteiger partial charge in [-0.05, 0) is 19.1 Å². The van der Waals surface area contributed by atoms with Crippen molar-refractivity contribution >= 4 is 34.4 Å². The number of fused-ring (bicyclic) bond motifs is 2. The largest absolute Gasteiger partial charge is 0.507 e. The van der Waals surface area contributed by atoms with Crippen LogP contribution in [0.15, 0.2) is 24.5 Å². The van der Waals surface area contributed by atoms with E-state index in [2.05, 4.69) is 9.97 Å². The number of anilines is 1. The van der Waals surface area contributed by atoms with Crippen LogP contribution in [0.2, 0.25) is 5.02 Å². The minimum atomic E-state index is -1.05. The zero-order chi connectivity index (χ0) is 22.7. The Morgan fingerprint density at radius 1 is 1.25 bits per heavy atom. The summed E-state index contributed by atoms with van der Waals surface area (Å²) in [5.41, 5.74) is -0.902. The number of piperazine rings is 1. The number of carboxylic acid groups (broad SMARTS) is 1. The van der Waals surface area contributed by atoms with E-state index in [4.69, 9.17) is 16.3 Å². The van der Waals surface area contributed by atoms with Crippen molar-refractivity contribution in [3.63, 3.8) is 0 Å². The predicted molar refractivity (Wildman–Crippen MR) is 112 cm³/mol. The number of nitrogens with zero attached hydrogens (tertiary/aromatic N) is 4. The molecule has 1 saturated heterocycles. The van der Waals surface area contributed by atoms with Crippen LogP contribution in [0.1, 0.15) is 6.92 Å². The van der Waals surface area contributed by atoms with E-state index in [1.165, 1.54) is 23.4 Å². The summed E-state index contributed by atoms with van der Waals surface area (Å²) in [6, 6.07) is 2.86. The van der Waals surface area contributed by atoms with Gasteiger partial charge >= 0.3 is 6.09 Å². The predicted octanol–water partition coefficient (Wildman–Crippen LogP) is 3.88. The summed E-state index contributed by atoms with van der Waals surface area (Å²) in [4.78, 5) is 23.2. The van der Waals surface area contributed by atoms with Gasteiger partial charge in [-0.1, -0.05) is 17.7 Å². The first-order valence-electron chi connectivity index (χ1n) is 9.82. The monoisotopic (exact) mass is 462 g/mol. The van der Waals surface area contributed by atoms with E-state index >= 15 is 4.39 Å². The number of aromatic hydroxyl groups is 1. The van der Waals surface area contributed by atoms with Gasteiger partial charge in [-0.15, -0.1) is 0 Å². The lowest BCUT2D eigenvalue weighted by Crippen LogP contribution is -2.60. The normalized spacial score (nSPS) is 20.0. The summed E-state index contributed by atoms with van der Waals surface area (Å²) in [5, 5.41) is 19.7. The molecule has 0 spiro atoms. The van der Waals surface area contributed by atoms with Gasteiger partial charge in [-0.2, -0.15) is 0 Å². The molecule has 2 aliphatic rings. The number of aromatic nitrogens is 2. The minimum absolute atomic E-state index is 0.0377. The third kappa shape index (κ3) is 2.89. The van der Waals surface area contributed by atoms with Gasteiger partial charge in [-0.3, -0.25) is 0 Å². The Morgan fingerprint density at radius 3 is 2.75 bits per heavy atom. The minimum Gasteiger partial charge on any atom is -0.507 e. The van der Waals surface area contributed by atoms with Gasteiger partial charge in [0, 0.05) is 24.7 Å². The summed E-state index contributed by atoms with van der Waals surface area (Å²) in [6.07, 6.45) is 0.133. The van der Waals surface area contributed by atoms with Gasteiger partial charge in [0.25, 0.3) is 0 Å². The summed E-state index contributed by atoms with van der Waals surface area (Å²) in [7, 11) is 0. The molecule has 0 unspecified atom stereocenters. The molecule has 1 fully saturated rings. The van der Waals surface area contributed by atoms with Gasteiger partial charge < -0.3 is 24.7 Å². The van der Waals surface area contributed by atoms with Gasteiger partial charge in [0.15, 0.2) is 11.6 Å². The van der Waals surface area contributed by atoms with Crippen LogP contribution in [0, 0.1) is 11.6 Å². The molecule has 2 N–H and O–H groups in total. The number of rotatable bonds is 1. The highest BCUT2D eigenvalue weighted by atomic mass is 35.5. The topological polar surface area (TPSA) is 99.0 Å². The summed E-state index contributed by atoms with van der Waals surface area (Å²) >= 11 is 6.53. The Morgan fingerprint density at radius 2 is 2.03 bits per heavy atom. The van der Waals surface area contributed by atoms with Crippen LogP contribution in [0.4, 0.5) is 19.4 Å². The van der Waals surface area contributed by atoms with E-state index in [9.17, 15) is 19.4 Å². The standard InChI is InChI=1S/C21H17ClF2N4O4/c1-9-5-28-10(6-27(9)21(30)31)7-32-19-15-18(25-8-26-20(15)28)17(24)14(16(19)22)13-11(23)3-2-4-12(13)29/h2-4,8-10,29H,5-7H2,1H3,(H,30,31)/t9-,10-/m0/s1. The SMILES string of the molecule is C[C@H]1CN2c3ncnc4c(F)c(-c5c(O)cccc5F)c(Cl)c(c34)OC[C@@H]2CN1C(=O)O. The first-order valence-corrected chi connectivity index (χ1v) is 10.2. The Labute approximate surface area is 185 Å². The number of amides is 1. The van der Waals surface area contributed by atoms with Crippen molar-refractivity contribution in [1.82, 2.24) is 14.9 Å². The Kier molecular flexibility index (Phi) is 4.70. The quantitative estimate of drug-likeness (QED) is 0.566. The molecule has 0 bridgehead atoms. The van der Waals surface area contributed by atoms with Gasteiger partial charge in [0.2, 0.25) is 0 Å². The van der Waals surface area contributed by atoms with E-state index in [1.54, 1.807) is 6.92 Å². The fourth-order valence-electron chi connectivity index (χ4n) is 4.41. The number of phenols is 1. The van der Waals surface area contributed by atoms with Gasteiger partial charge in [-0.25, -0.2) is 23.5 Å². The van der Waals surface area contributed by atoms with Gasteiger partial charge in [0.1, 0.15) is 35.8 Å². The van der Waals surface area contributed by atoms with Crippen LogP contribution in [0.3, 0.4) is 0 Å². The number of hydrogen-bond acceptors (Lipinski definition) is 6. The van der Waals surface area contributed by atoms with Crippen molar-refractivity contribution in [2.45, 2.75) is 19.0 Å². The highest BCUT2D eigenvalue weighted by Gasteiger charge is 2.39. The number of benzene rings is 2. The molecule has 1 aromatic heterocycles. The molecule has 166 valence electrons. The van der Waals surface area contributed by atoms with E-state index in [-0.39, 0.29) is 46.4 Å². The average Bonchev–Trinajstić information content (AvgIpc) is 2.91. The lowest BCUT2D eigenvalue weighted by atomic mass is 10.00. The van der Waals surface area contributed by atoms with Crippen molar-refractivity contribution in [3.05, 3.63) is 41.2 Å². The number of ether oxygens (including phenoxy) is 1. The molecule has 0 radical (unpaired) electrons. The zero-order valence-corrected chi connectivity index (χ0v) is 17.5. The van der Waals surface area contributed by atoms with E-state index < -0.39 is 35.1 Å².